The fourth-order valence-corrected chi connectivity index (χ4v) is 3.83. The van der Waals surface area contributed by atoms with Crippen LogP contribution in [-0.2, 0) is 16.1 Å². The summed E-state index contributed by atoms with van der Waals surface area (Å²) in [6, 6.07) is 14.9. The number of hydrogen-bond acceptors (Lipinski definition) is 4. The van der Waals surface area contributed by atoms with Crippen molar-refractivity contribution in [2.45, 2.75) is 19.4 Å². The van der Waals surface area contributed by atoms with Gasteiger partial charge < -0.3 is 15.0 Å². The van der Waals surface area contributed by atoms with Crippen LogP contribution in [0.5, 0.6) is 5.75 Å². The van der Waals surface area contributed by atoms with E-state index in [0.717, 1.165) is 5.56 Å². The molecule has 0 atom stereocenters. The molecule has 0 unspecified atom stereocenters. The minimum absolute atomic E-state index is 0.00152. The molecule has 8 heteroatoms. The molecule has 1 aliphatic heterocycles. The van der Waals surface area contributed by atoms with Crippen molar-refractivity contribution in [3.8, 4) is 5.75 Å². The van der Waals surface area contributed by atoms with Crippen LogP contribution < -0.4 is 10.1 Å². The van der Waals surface area contributed by atoms with Gasteiger partial charge in [0, 0.05) is 44.2 Å². The number of piperazine rings is 1. The van der Waals surface area contributed by atoms with Crippen molar-refractivity contribution in [3.63, 3.8) is 0 Å². The average Bonchev–Trinajstić information content (AvgIpc) is 2.77. The van der Waals surface area contributed by atoms with Gasteiger partial charge in [0.05, 0.1) is 18.2 Å². The third kappa shape index (κ3) is 7.73. The minimum atomic E-state index is 0.00152. The molecule has 1 N–H and O–H groups in total. The Morgan fingerprint density at radius 2 is 1.74 bits per heavy atom. The predicted molar refractivity (Wildman–Crippen MR) is 122 cm³/mol. The van der Waals surface area contributed by atoms with Crippen molar-refractivity contribution in [2.75, 3.05) is 39.3 Å². The van der Waals surface area contributed by atoms with Crippen LogP contribution in [0.1, 0.15) is 18.4 Å². The molecular weight excluding hydrogens is 437 g/mol. The first-order valence-electron chi connectivity index (χ1n) is 10.4. The van der Waals surface area contributed by atoms with Gasteiger partial charge in [-0.15, -0.1) is 0 Å². The molecule has 2 aromatic rings. The van der Waals surface area contributed by atoms with E-state index in [4.69, 9.17) is 27.9 Å². The fraction of sp³-hybridized carbons (Fsp3) is 0.391. The Hall–Kier alpha value is -2.28. The number of amides is 2. The molecule has 0 aromatic heterocycles. The Kier molecular flexibility index (Phi) is 9.00. The summed E-state index contributed by atoms with van der Waals surface area (Å²) in [6.07, 6.45) is 1.03. The zero-order valence-electron chi connectivity index (χ0n) is 17.4. The fourth-order valence-electron chi connectivity index (χ4n) is 3.37. The lowest BCUT2D eigenvalue weighted by Gasteiger charge is -2.34. The Bertz CT molecular complexity index is 872. The van der Waals surface area contributed by atoms with E-state index in [1.54, 1.807) is 18.2 Å². The van der Waals surface area contributed by atoms with E-state index in [9.17, 15) is 9.59 Å². The maximum absolute atomic E-state index is 12.4. The maximum atomic E-state index is 12.4. The Morgan fingerprint density at radius 3 is 2.45 bits per heavy atom. The second-order valence-electron chi connectivity index (χ2n) is 7.45. The summed E-state index contributed by atoms with van der Waals surface area (Å²) in [7, 11) is 0. The van der Waals surface area contributed by atoms with E-state index >= 15 is 0 Å². The quantitative estimate of drug-likeness (QED) is 0.576. The second-order valence-corrected chi connectivity index (χ2v) is 8.29. The normalized spacial score (nSPS) is 14.3. The summed E-state index contributed by atoms with van der Waals surface area (Å²) in [5, 5.41) is 3.96. The van der Waals surface area contributed by atoms with Crippen LogP contribution in [0.25, 0.3) is 0 Å². The van der Waals surface area contributed by atoms with E-state index in [2.05, 4.69) is 10.2 Å². The third-order valence-electron chi connectivity index (χ3n) is 5.11. The van der Waals surface area contributed by atoms with Gasteiger partial charge in [-0.1, -0.05) is 53.5 Å². The highest BCUT2D eigenvalue weighted by Gasteiger charge is 2.22. The molecule has 166 valence electrons. The van der Waals surface area contributed by atoms with E-state index in [1.807, 2.05) is 35.2 Å². The van der Waals surface area contributed by atoms with Crippen LogP contribution in [0.2, 0.25) is 10.0 Å². The number of hydrogen-bond donors (Lipinski definition) is 1. The number of halogens is 2. The number of ether oxygens (including phenoxy) is 1. The summed E-state index contributed by atoms with van der Waals surface area (Å²) in [4.78, 5) is 28.5. The lowest BCUT2D eigenvalue weighted by molar-refractivity contribution is -0.133. The number of carbonyl (C=O) groups excluding carboxylic acids is 2. The van der Waals surface area contributed by atoms with Crippen molar-refractivity contribution in [1.82, 2.24) is 15.1 Å². The highest BCUT2D eigenvalue weighted by molar-refractivity contribution is 6.35. The maximum Gasteiger partial charge on any atom is 0.234 e. The van der Waals surface area contributed by atoms with Crippen LogP contribution in [0, 0.1) is 0 Å². The summed E-state index contributed by atoms with van der Waals surface area (Å²) in [5.41, 5.74) is 1.08. The molecule has 0 saturated carbocycles. The first-order chi connectivity index (χ1) is 15.0. The highest BCUT2D eigenvalue weighted by Crippen LogP contribution is 2.27. The summed E-state index contributed by atoms with van der Waals surface area (Å²) in [5.74, 6) is 0.679. The second kappa shape index (κ2) is 11.9. The third-order valence-corrected chi connectivity index (χ3v) is 5.64. The largest absolute Gasteiger partial charge is 0.492 e. The van der Waals surface area contributed by atoms with Crippen molar-refractivity contribution in [3.05, 3.63) is 64.1 Å². The number of carbonyl (C=O) groups is 2. The zero-order valence-corrected chi connectivity index (χ0v) is 18.9. The van der Waals surface area contributed by atoms with E-state index in [-0.39, 0.29) is 11.8 Å². The molecule has 2 aromatic carbocycles. The van der Waals surface area contributed by atoms with Crippen LogP contribution in [0.4, 0.5) is 0 Å². The summed E-state index contributed by atoms with van der Waals surface area (Å²) >= 11 is 11.9. The topological polar surface area (TPSA) is 61.9 Å². The van der Waals surface area contributed by atoms with Gasteiger partial charge in [-0.05, 0) is 30.2 Å². The first kappa shape index (κ1) is 23.4. The molecule has 1 saturated heterocycles. The Balaban J connectivity index is 1.29. The minimum Gasteiger partial charge on any atom is -0.492 e. The predicted octanol–water partition coefficient (Wildman–Crippen LogP) is 3.61. The molecule has 3 rings (SSSR count). The number of nitrogens with one attached hydrogen (secondary N) is 1. The zero-order chi connectivity index (χ0) is 22.1. The average molecular weight is 464 g/mol. The molecule has 0 bridgehead atoms. The summed E-state index contributed by atoms with van der Waals surface area (Å²) in [6.45, 7) is 3.95. The van der Waals surface area contributed by atoms with E-state index in [0.29, 0.717) is 74.5 Å². The number of rotatable bonds is 9. The molecular formula is C23H27Cl2N3O3. The molecule has 2 amide bonds. The van der Waals surface area contributed by atoms with Gasteiger partial charge in [-0.3, -0.25) is 14.5 Å². The molecule has 1 aliphatic rings. The van der Waals surface area contributed by atoms with Crippen LogP contribution >= 0.6 is 23.2 Å². The molecule has 0 aliphatic carbocycles. The Morgan fingerprint density at radius 1 is 1.00 bits per heavy atom. The molecule has 31 heavy (non-hydrogen) atoms. The van der Waals surface area contributed by atoms with Gasteiger partial charge in [0.2, 0.25) is 11.8 Å². The van der Waals surface area contributed by atoms with Gasteiger partial charge in [-0.25, -0.2) is 0 Å². The summed E-state index contributed by atoms with van der Waals surface area (Å²) < 4.78 is 5.63. The molecule has 0 spiro atoms. The molecule has 1 fully saturated rings. The lowest BCUT2D eigenvalue weighted by Crippen LogP contribution is -2.51. The van der Waals surface area contributed by atoms with Crippen LogP contribution in [0.3, 0.4) is 0 Å². The number of nitrogens with zero attached hydrogens (tertiary/aromatic N) is 2. The van der Waals surface area contributed by atoms with E-state index in [1.165, 1.54) is 0 Å². The SMILES string of the molecule is O=C(CN1CCN(C(=O)CCCOc2ccc(Cl)cc2Cl)CC1)NCc1ccccc1. The number of benzene rings is 2. The lowest BCUT2D eigenvalue weighted by atomic mass is 10.2. The van der Waals surface area contributed by atoms with Crippen molar-refractivity contribution in [1.29, 1.82) is 0 Å². The molecule has 0 radical (unpaired) electrons. The van der Waals surface area contributed by atoms with Gasteiger partial charge in [0.15, 0.2) is 0 Å². The van der Waals surface area contributed by atoms with Gasteiger partial charge in [-0.2, -0.15) is 0 Å². The molecule has 6 nitrogen and oxygen atoms in total. The molecule has 1 heterocycles. The van der Waals surface area contributed by atoms with Crippen molar-refractivity contribution in [2.24, 2.45) is 0 Å². The monoisotopic (exact) mass is 463 g/mol. The smallest absolute Gasteiger partial charge is 0.234 e. The van der Waals surface area contributed by atoms with Gasteiger partial charge in [0.25, 0.3) is 0 Å². The van der Waals surface area contributed by atoms with Crippen molar-refractivity contribution < 1.29 is 14.3 Å². The van der Waals surface area contributed by atoms with Crippen molar-refractivity contribution >= 4 is 35.0 Å². The van der Waals surface area contributed by atoms with Crippen LogP contribution in [-0.4, -0.2) is 60.9 Å². The highest BCUT2D eigenvalue weighted by atomic mass is 35.5. The standard InChI is InChI=1S/C23H27Cl2N3O3/c24-19-8-9-21(20(25)15-19)31-14-4-7-23(30)28-12-10-27(11-13-28)17-22(29)26-16-18-5-2-1-3-6-18/h1-3,5-6,8-9,15H,4,7,10-14,16-17H2,(H,26,29). The van der Waals surface area contributed by atoms with E-state index < -0.39 is 0 Å². The van der Waals surface area contributed by atoms with Gasteiger partial charge in [0.1, 0.15) is 5.75 Å². The Labute approximate surface area is 193 Å². The first-order valence-corrected chi connectivity index (χ1v) is 11.2. The van der Waals surface area contributed by atoms with Crippen LogP contribution in [0.15, 0.2) is 48.5 Å². The van der Waals surface area contributed by atoms with Gasteiger partial charge >= 0.3 is 0 Å².